The highest BCUT2D eigenvalue weighted by Gasteiger charge is 2.23. The molecule has 6 heteroatoms. The highest BCUT2D eigenvalue weighted by molar-refractivity contribution is 7.89. The van der Waals surface area contributed by atoms with Crippen LogP contribution in [0.3, 0.4) is 0 Å². The first-order valence-electron chi connectivity index (χ1n) is 8.27. The van der Waals surface area contributed by atoms with E-state index in [1.807, 2.05) is 27.7 Å². The second-order valence-corrected chi connectivity index (χ2v) is 7.65. The number of carbonyl (C=O) groups is 1. The van der Waals surface area contributed by atoms with Gasteiger partial charge in [0, 0.05) is 24.7 Å². The number of amides is 1. The fraction of sp³-hybridized carbons (Fsp3) is 0.588. The normalized spacial score (nSPS) is 13.1. The van der Waals surface area contributed by atoms with Crippen LogP contribution in [-0.4, -0.2) is 37.8 Å². The standard InChI is InChI=1S/C17H28N2O3S/c1-5-12-19(13-6-2)23(21,22)16-10-8-15(9-11-16)17(20)18-14(4)7-3/h8-11,14H,5-7,12-13H2,1-4H3,(H,18,20). The number of sulfonamides is 1. The summed E-state index contributed by atoms with van der Waals surface area (Å²) in [6, 6.07) is 6.26. The van der Waals surface area contributed by atoms with Gasteiger partial charge in [-0.1, -0.05) is 20.8 Å². The Hall–Kier alpha value is -1.40. The molecule has 1 amide bonds. The Morgan fingerprint density at radius 3 is 2.04 bits per heavy atom. The predicted octanol–water partition coefficient (Wildman–Crippen LogP) is 3.03. The van der Waals surface area contributed by atoms with Crippen molar-refractivity contribution < 1.29 is 13.2 Å². The highest BCUT2D eigenvalue weighted by atomic mass is 32.2. The molecule has 23 heavy (non-hydrogen) atoms. The van der Waals surface area contributed by atoms with Crippen LogP contribution >= 0.6 is 0 Å². The van der Waals surface area contributed by atoms with Crippen molar-refractivity contribution in [2.24, 2.45) is 0 Å². The third kappa shape index (κ3) is 5.32. The maximum atomic E-state index is 12.6. The Morgan fingerprint density at radius 2 is 1.61 bits per heavy atom. The summed E-state index contributed by atoms with van der Waals surface area (Å²) in [6.45, 7) is 8.86. The number of carbonyl (C=O) groups excluding carboxylic acids is 1. The van der Waals surface area contributed by atoms with Crippen LogP contribution in [0.5, 0.6) is 0 Å². The minimum atomic E-state index is -3.49. The lowest BCUT2D eigenvalue weighted by Gasteiger charge is -2.21. The Bertz CT molecular complexity index is 591. The van der Waals surface area contributed by atoms with Gasteiger partial charge < -0.3 is 5.32 Å². The van der Waals surface area contributed by atoms with Gasteiger partial charge in [-0.05, 0) is 50.5 Å². The molecule has 130 valence electrons. The topological polar surface area (TPSA) is 66.5 Å². The van der Waals surface area contributed by atoms with E-state index in [-0.39, 0.29) is 16.8 Å². The summed E-state index contributed by atoms with van der Waals surface area (Å²) in [5, 5.41) is 2.87. The summed E-state index contributed by atoms with van der Waals surface area (Å²) in [5.74, 6) is -0.178. The second kappa shape index (κ2) is 9.03. The first kappa shape index (κ1) is 19.6. The fourth-order valence-corrected chi connectivity index (χ4v) is 3.81. The number of nitrogens with zero attached hydrogens (tertiary/aromatic N) is 1. The van der Waals surface area contributed by atoms with Crippen molar-refractivity contribution in [3.8, 4) is 0 Å². The zero-order valence-corrected chi connectivity index (χ0v) is 15.3. The molecule has 0 bridgehead atoms. The molecule has 0 saturated heterocycles. The van der Waals surface area contributed by atoms with Crippen molar-refractivity contribution in [3.63, 3.8) is 0 Å². The van der Waals surface area contributed by atoms with Gasteiger partial charge in [0.15, 0.2) is 0 Å². The molecule has 1 unspecified atom stereocenters. The van der Waals surface area contributed by atoms with E-state index in [1.165, 1.54) is 16.4 Å². The lowest BCUT2D eigenvalue weighted by molar-refractivity contribution is 0.0939. The largest absolute Gasteiger partial charge is 0.350 e. The molecule has 0 spiro atoms. The van der Waals surface area contributed by atoms with Crippen molar-refractivity contribution in [2.45, 2.75) is 57.9 Å². The van der Waals surface area contributed by atoms with Crippen molar-refractivity contribution >= 4 is 15.9 Å². The van der Waals surface area contributed by atoms with Crippen LogP contribution in [0.15, 0.2) is 29.2 Å². The van der Waals surface area contributed by atoms with E-state index in [2.05, 4.69) is 5.32 Å². The number of hydrogen-bond donors (Lipinski definition) is 1. The van der Waals surface area contributed by atoms with E-state index in [9.17, 15) is 13.2 Å². The third-order valence-electron chi connectivity index (χ3n) is 3.69. The van der Waals surface area contributed by atoms with Gasteiger partial charge in [-0.25, -0.2) is 8.42 Å². The summed E-state index contributed by atoms with van der Waals surface area (Å²) in [5.41, 5.74) is 0.474. The Labute approximate surface area is 140 Å². The maximum absolute atomic E-state index is 12.6. The van der Waals surface area contributed by atoms with Crippen LogP contribution in [0.25, 0.3) is 0 Å². The first-order chi connectivity index (χ1) is 10.9. The molecule has 1 atom stereocenters. The van der Waals surface area contributed by atoms with Crippen LogP contribution in [-0.2, 0) is 10.0 Å². The fourth-order valence-electron chi connectivity index (χ4n) is 2.19. The van der Waals surface area contributed by atoms with Gasteiger partial charge in [0.05, 0.1) is 4.90 Å². The van der Waals surface area contributed by atoms with E-state index in [0.717, 1.165) is 19.3 Å². The zero-order valence-electron chi connectivity index (χ0n) is 14.5. The quantitative estimate of drug-likeness (QED) is 0.751. The molecule has 1 rings (SSSR count). The van der Waals surface area contributed by atoms with E-state index < -0.39 is 10.0 Å². The summed E-state index contributed by atoms with van der Waals surface area (Å²) in [4.78, 5) is 12.3. The van der Waals surface area contributed by atoms with E-state index in [4.69, 9.17) is 0 Å². The predicted molar refractivity (Wildman–Crippen MR) is 93.0 cm³/mol. The van der Waals surface area contributed by atoms with Crippen LogP contribution in [0.2, 0.25) is 0 Å². The zero-order chi connectivity index (χ0) is 17.5. The molecule has 1 aromatic rings. The summed E-state index contributed by atoms with van der Waals surface area (Å²) < 4.78 is 26.8. The number of hydrogen-bond acceptors (Lipinski definition) is 3. The average Bonchev–Trinajstić information content (AvgIpc) is 2.54. The Kier molecular flexibility index (Phi) is 7.72. The summed E-state index contributed by atoms with van der Waals surface area (Å²) in [7, 11) is -3.49. The molecule has 0 heterocycles. The minimum Gasteiger partial charge on any atom is -0.350 e. The first-order valence-corrected chi connectivity index (χ1v) is 9.71. The minimum absolute atomic E-state index is 0.0931. The SMILES string of the molecule is CCCN(CCC)S(=O)(=O)c1ccc(C(=O)NC(C)CC)cc1. The summed E-state index contributed by atoms with van der Waals surface area (Å²) in [6.07, 6.45) is 2.39. The van der Waals surface area contributed by atoms with Gasteiger partial charge in [-0.15, -0.1) is 0 Å². The van der Waals surface area contributed by atoms with Crippen LogP contribution < -0.4 is 5.32 Å². The van der Waals surface area contributed by atoms with Gasteiger partial charge in [0.2, 0.25) is 10.0 Å². The van der Waals surface area contributed by atoms with Crippen LogP contribution in [0, 0.1) is 0 Å². The number of benzene rings is 1. The average molecular weight is 340 g/mol. The Balaban J connectivity index is 2.95. The molecule has 1 N–H and O–H groups in total. The van der Waals surface area contributed by atoms with Crippen molar-refractivity contribution in [1.82, 2.24) is 9.62 Å². The molecule has 0 aromatic heterocycles. The number of rotatable bonds is 9. The molecule has 0 fully saturated rings. The maximum Gasteiger partial charge on any atom is 0.251 e. The van der Waals surface area contributed by atoms with Crippen molar-refractivity contribution in [2.75, 3.05) is 13.1 Å². The molecular formula is C17H28N2O3S. The van der Waals surface area contributed by atoms with Gasteiger partial charge in [-0.2, -0.15) is 4.31 Å². The molecule has 0 aliphatic heterocycles. The van der Waals surface area contributed by atoms with Crippen molar-refractivity contribution in [1.29, 1.82) is 0 Å². The van der Waals surface area contributed by atoms with E-state index in [1.54, 1.807) is 12.1 Å². The van der Waals surface area contributed by atoms with E-state index in [0.29, 0.717) is 18.7 Å². The van der Waals surface area contributed by atoms with E-state index >= 15 is 0 Å². The van der Waals surface area contributed by atoms with Crippen LogP contribution in [0.1, 0.15) is 57.3 Å². The molecule has 0 radical (unpaired) electrons. The van der Waals surface area contributed by atoms with Crippen molar-refractivity contribution in [3.05, 3.63) is 29.8 Å². The van der Waals surface area contributed by atoms with Crippen LogP contribution in [0.4, 0.5) is 0 Å². The lowest BCUT2D eigenvalue weighted by Crippen LogP contribution is -2.33. The van der Waals surface area contributed by atoms with Gasteiger partial charge in [-0.3, -0.25) is 4.79 Å². The van der Waals surface area contributed by atoms with Gasteiger partial charge in [0.1, 0.15) is 0 Å². The Morgan fingerprint density at radius 1 is 1.09 bits per heavy atom. The summed E-state index contributed by atoms with van der Waals surface area (Å²) >= 11 is 0. The monoisotopic (exact) mass is 340 g/mol. The lowest BCUT2D eigenvalue weighted by atomic mass is 10.2. The molecule has 0 aliphatic carbocycles. The molecule has 0 saturated carbocycles. The molecular weight excluding hydrogens is 312 g/mol. The molecule has 0 aliphatic rings. The smallest absolute Gasteiger partial charge is 0.251 e. The molecule has 5 nitrogen and oxygen atoms in total. The third-order valence-corrected chi connectivity index (χ3v) is 5.60. The molecule has 1 aromatic carbocycles. The van der Waals surface area contributed by atoms with Gasteiger partial charge >= 0.3 is 0 Å². The number of nitrogens with one attached hydrogen (secondary N) is 1. The van der Waals surface area contributed by atoms with Gasteiger partial charge in [0.25, 0.3) is 5.91 Å². The highest BCUT2D eigenvalue weighted by Crippen LogP contribution is 2.17. The second-order valence-electron chi connectivity index (χ2n) is 5.71.